The van der Waals surface area contributed by atoms with Gasteiger partial charge in [-0.2, -0.15) is 5.10 Å². The van der Waals surface area contributed by atoms with Crippen molar-refractivity contribution in [3.63, 3.8) is 0 Å². The number of aromatic nitrogens is 5. The first-order chi connectivity index (χ1) is 15.0. The van der Waals surface area contributed by atoms with Crippen LogP contribution in [-0.2, 0) is 11.5 Å². The molecule has 1 aromatic carbocycles. The first-order valence-electron chi connectivity index (χ1n) is 10.5. The van der Waals surface area contributed by atoms with Crippen LogP contribution >= 0.6 is 22.6 Å². The summed E-state index contributed by atoms with van der Waals surface area (Å²) in [5, 5.41) is 8.85. The highest BCUT2D eigenvalue weighted by Gasteiger charge is 2.23. The molecule has 1 aliphatic carbocycles. The summed E-state index contributed by atoms with van der Waals surface area (Å²) < 4.78 is 2.81. The highest BCUT2D eigenvalue weighted by Crippen LogP contribution is 2.29. The average Bonchev–Trinajstić information content (AvgIpc) is 3.35. The second-order valence-electron chi connectivity index (χ2n) is 8.20. The zero-order valence-electron chi connectivity index (χ0n) is 17.2. The Labute approximate surface area is 193 Å². The van der Waals surface area contributed by atoms with Crippen molar-refractivity contribution in [1.82, 2.24) is 30.0 Å². The summed E-state index contributed by atoms with van der Waals surface area (Å²) in [6.07, 6.45) is 7.08. The van der Waals surface area contributed by atoms with Gasteiger partial charge in [-0.3, -0.25) is 9.48 Å². The normalized spacial score (nSPS) is 19.2. The second-order valence-corrected chi connectivity index (χ2v) is 8.96. The Kier molecular flexibility index (Phi) is 5.39. The largest absolute Gasteiger partial charge is 0.349 e. The lowest BCUT2D eigenvalue weighted by Gasteiger charge is -2.26. The van der Waals surface area contributed by atoms with Crippen molar-refractivity contribution < 1.29 is 4.79 Å². The Morgan fingerprint density at radius 1 is 1.32 bits per heavy atom. The van der Waals surface area contributed by atoms with Gasteiger partial charge >= 0.3 is 0 Å². The van der Waals surface area contributed by atoms with Gasteiger partial charge in [-0.05, 0) is 37.3 Å². The van der Waals surface area contributed by atoms with Crippen LogP contribution in [0.1, 0.15) is 41.6 Å². The second kappa shape index (κ2) is 8.19. The molecule has 31 heavy (non-hydrogen) atoms. The van der Waals surface area contributed by atoms with Crippen LogP contribution in [0.4, 0.5) is 0 Å². The summed E-state index contributed by atoms with van der Waals surface area (Å²) in [7, 11) is 1.93. The number of amides is 1. The lowest BCUT2D eigenvalue weighted by atomic mass is 9.92. The predicted octanol–water partition coefficient (Wildman–Crippen LogP) is 3.45. The number of carbonyl (C=O) groups is 1. The number of nitrogens with one attached hydrogen (secondary N) is 2. The van der Waals surface area contributed by atoms with Crippen LogP contribution in [-0.4, -0.2) is 42.7 Å². The van der Waals surface area contributed by atoms with Crippen LogP contribution < -0.4 is 11.1 Å². The minimum Gasteiger partial charge on any atom is -0.349 e. The van der Waals surface area contributed by atoms with Crippen molar-refractivity contribution in [2.45, 2.75) is 42.2 Å². The summed E-state index contributed by atoms with van der Waals surface area (Å²) in [4.78, 5) is 25.3. The van der Waals surface area contributed by atoms with Gasteiger partial charge in [0.25, 0.3) is 5.91 Å². The van der Waals surface area contributed by atoms with Gasteiger partial charge in [-0.25, -0.2) is 9.97 Å². The Morgan fingerprint density at radius 2 is 2.13 bits per heavy atom. The van der Waals surface area contributed by atoms with Gasteiger partial charge in [0.15, 0.2) is 5.65 Å². The van der Waals surface area contributed by atoms with Crippen molar-refractivity contribution in [3.8, 4) is 11.4 Å². The molecule has 0 atom stereocenters. The van der Waals surface area contributed by atoms with Crippen LogP contribution in [0.2, 0.25) is 0 Å². The van der Waals surface area contributed by atoms with E-state index in [2.05, 4.69) is 56.1 Å². The molecule has 160 valence electrons. The summed E-state index contributed by atoms with van der Waals surface area (Å²) >= 11 is 2.36. The molecule has 0 radical (unpaired) electrons. The average molecular weight is 529 g/mol. The number of hydrogen-bond donors (Lipinski definition) is 3. The van der Waals surface area contributed by atoms with Gasteiger partial charge in [0.05, 0.1) is 17.3 Å². The molecule has 3 aromatic heterocycles. The molecule has 1 amide bonds. The third kappa shape index (κ3) is 3.80. The third-order valence-corrected chi connectivity index (χ3v) is 6.93. The van der Waals surface area contributed by atoms with Gasteiger partial charge in [0.2, 0.25) is 0 Å². The van der Waals surface area contributed by atoms with E-state index in [9.17, 15) is 4.79 Å². The minimum atomic E-state index is -0.129. The predicted molar refractivity (Wildman–Crippen MR) is 129 cm³/mol. The highest BCUT2D eigenvalue weighted by atomic mass is 127. The fraction of sp³-hybridized carbons (Fsp3) is 0.364. The molecule has 5 rings (SSSR count). The number of halogens is 1. The Balaban J connectivity index is 1.49. The van der Waals surface area contributed by atoms with Gasteiger partial charge in [0, 0.05) is 35.1 Å². The van der Waals surface area contributed by atoms with Crippen molar-refractivity contribution in [2.24, 2.45) is 12.8 Å². The maximum Gasteiger partial charge on any atom is 0.255 e. The molecular weight excluding hydrogens is 505 g/mol. The molecule has 1 fully saturated rings. The zero-order valence-corrected chi connectivity index (χ0v) is 19.4. The summed E-state index contributed by atoms with van der Waals surface area (Å²) in [5.74, 6) is -0.129. The van der Waals surface area contributed by atoms with Crippen molar-refractivity contribution in [1.29, 1.82) is 0 Å². The monoisotopic (exact) mass is 529 g/mol. The van der Waals surface area contributed by atoms with E-state index in [1.54, 1.807) is 12.4 Å². The first kappa shape index (κ1) is 20.4. The number of benzene rings is 1. The van der Waals surface area contributed by atoms with E-state index in [0.29, 0.717) is 22.4 Å². The number of alkyl halides is 1. The van der Waals surface area contributed by atoms with Crippen molar-refractivity contribution >= 4 is 50.6 Å². The quantitative estimate of drug-likeness (QED) is 0.277. The van der Waals surface area contributed by atoms with Crippen LogP contribution in [0.3, 0.4) is 0 Å². The highest BCUT2D eigenvalue weighted by molar-refractivity contribution is 14.1. The maximum atomic E-state index is 13.0. The molecule has 0 unspecified atom stereocenters. The number of hydrogen-bond acceptors (Lipinski definition) is 5. The van der Waals surface area contributed by atoms with Crippen LogP contribution in [0.25, 0.3) is 33.5 Å². The molecular formula is C22H24IN7O. The Hall–Kier alpha value is -2.53. The van der Waals surface area contributed by atoms with Gasteiger partial charge < -0.3 is 16.0 Å². The molecule has 0 aliphatic heterocycles. The van der Waals surface area contributed by atoms with E-state index in [-0.39, 0.29) is 18.0 Å². The van der Waals surface area contributed by atoms with Crippen molar-refractivity contribution in [2.75, 3.05) is 0 Å². The van der Waals surface area contributed by atoms with Gasteiger partial charge in [0.1, 0.15) is 16.9 Å². The molecule has 0 bridgehead atoms. The third-order valence-electron chi connectivity index (χ3n) is 6.05. The van der Waals surface area contributed by atoms with E-state index in [1.165, 1.54) is 5.56 Å². The Bertz CT molecular complexity index is 1270. The lowest BCUT2D eigenvalue weighted by Crippen LogP contribution is -2.40. The van der Waals surface area contributed by atoms with E-state index < -0.39 is 0 Å². The summed E-state index contributed by atoms with van der Waals surface area (Å²) in [6.45, 7) is 0. The lowest BCUT2D eigenvalue weighted by molar-refractivity contribution is 0.0927. The van der Waals surface area contributed by atoms with Gasteiger partial charge in [-0.15, -0.1) is 0 Å². The zero-order chi connectivity index (χ0) is 21.5. The fourth-order valence-corrected chi connectivity index (χ4v) is 4.75. The van der Waals surface area contributed by atoms with Crippen LogP contribution in [0, 0.1) is 0 Å². The maximum absolute atomic E-state index is 13.0. The fourth-order valence-electron chi connectivity index (χ4n) is 4.28. The molecule has 0 spiro atoms. The molecule has 4 aromatic rings. The molecule has 8 nitrogen and oxygen atoms in total. The molecule has 4 N–H and O–H groups in total. The number of nitrogens with two attached hydrogens (primary N) is 1. The van der Waals surface area contributed by atoms with E-state index in [4.69, 9.17) is 15.8 Å². The number of rotatable bonds is 4. The molecule has 0 saturated heterocycles. The minimum absolute atomic E-state index is 0.129. The number of H-pyrrole nitrogens is 1. The van der Waals surface area contributed by atoms with E-state index >= 15 is 0 Å². The molecule has 1 saturated carbocycles. The molecule has 9 heteroatoms. The number of aryl methyl sites for hydroxylation is 1. The number of aromatic amines is 1. The van der Waals surface area contributed by atoms with Crippen LogP contribution in [0.15, 0.2) is 30.6 Å². The number of fused-ring (bicyclic) bond motifs is 2. The number of carbonyl (C=O) groups excluding carboxylic acids is 1. The Morgan fingerprint density at radius 3 is 2.90 bits per heavy atom. The topological polar surface area (TPSA) is 115 Å². The van der Waals surface area contributed by atoms with E-state index in [0.717, 1.165) is 46.7 Å². The van der Waals surface area contributed by atoms with E-state index in [1.807, 2.05) is 11.7 Å². The first-order valence-corrected chi connectivity index (χ1v) is 12.0. The van der Waals surface area contributed by atoms with Gasteiger partial charge in [-0.1, -0.05) is 34.7 Å². The smallest absolute Gasteiger partial charge is 0.255 e. The number of nitrogens with zero attached hydrogens (tertiary/aromatic N) is 4. The standard InChI is InChI=1S/C22H24IN7O/c1-30-18-8-12(9-23)2-7-15(18)19(29-30)17-11-26-21-20(28-17)16(10-25-21)22(31)27-14-5-3-13(24)4-6-14/h2,7-8,10-11,13-14H,3-6,9,24H2,1H3,(H,25,26)(H,27,31)/t13-,14+. The summed E-state index contributed by atoms with van der Waals surface area (Å²) in [6, 6.07) is 6.74. The van der Waals surface area contributed by atoms with Crippen LogP contribution in [0.5, 0.6) is 0 Å². The molecule has 3 heterocycles. The molecule has 1 aliphatic rings. The SMILES string of the molecule is Cn1nc(-c2cnc3[nH]cc(C(=O)N[C@H]4CC[C@@H](N)CC4)c3n2)c2ccc(CI)cc21. The summed E-state index contributed by atoms with van der Waals surface area (Å²) in [5.41, 5.74) is 11.4. The van der Waals surface area contributed by atoms with Crippen molar-refractivity contribution in [3.05, 3.63) is 41.7 Å².